The number of rotatable bonds is 39. The maximum absolute atomic E-state index is 13.5. The molecule has 137 heavy (non-hydrogen) atoms. The van der Waals surface area contributed by atoms with Gasteiger partial charge in [0.1, 0.15) is 262 Å². The number of carbonyl (C=O) groups is 4. The summed E-state index contributed by atoms with van der Waals surface area (Å²) >= 11 is 0. The van der Waals surface area contributed by atoms with Crippen molar-refractivity contribution in [3.8, 4) is 0 Å². The molecule has 0 spiro atoms. The molecule has 61 nitrogen and oxygen atoms in total. The number of hydrogen-bond donors (Lipinski definition) is 35. The molecular weight excluding hydrogens is 1880 g/mol. The molecule has 61 heteroatoms. The van der Waals surface area contributed by atoms with E-state index < -0.39 is 441 Å². The predicted octanol–water partition coefficient (Wildman–Crippen LogP) is -24.4. The van der Waals surface area contributed by atoms with Crippen LogP contribution in [0.3, 0.4) is 0 Å². The lowest BCUT2D eigenvalue weighted by molar-refractivity contribution is -0.406. The second-order valence-electron chi connectivity index (χ2n) is 34.5. The van der Waals surface area contributed by atoms with Gasteiger partial charge in [0.05, 0.1) is 91.4 Å². The summed E-state index contributed by atoms with van der Waals surface area (Å²) in [5.74, 6) is -3.11. The minimum Gasteiger partial charge on any atom is -0.394 e. The van der Waals surface area contributed by atoms with Crippen molar-refractivity contribution >= 4 is 24.1 Å². The van der Waals surface area contributed by atoms with Crippen molar-refractivity contribution in [3.05, 3.63) is 0 Å². The maximum atomic E-state index is 13.5. The SMILES string of the molecule is CC(=O)N[C@H]1[C@H](OC[C@H]2O[C@@H](O[C@H]3[C@H](O)[C@@H](NC(C)=O)[C@H](O[C@H]4[C@@H](O)[C@@H](CO)O[C@@H](O[C@H]5[C@H](O)[C@@H](O)[C@H](OC[C@@H](CO)NC=O)O[C@@H]5CO)[C@@H]4O)O[C@@H]3CO)[C@H](O)[C@@H](O[C@@H]3O[C@H](CO)[C@@H](O[C@@H]4O[C@H](CO)[C@H](O)[C@H](O[C@H]5O[C@H](CO)[C@H](O)[C@H](O)[C@H]5O)[C@H]4O[C@@H]4O[C@@H](C)[C@@H](O)[C@@H](O)[C@@H]4O)[C@H](O)[C@H]3NC(C)=O)[C@H]2O)O[C@H](CO)[C@@H](O[C@@H]2O[C@H](CO)[C@H](O)[C@H](O[C@H]3O[C@H](CO)[C@H](O)[C@H](O)[C@H]3O)[C@H]2O)[C@@H]1O. The van der Waals surface area contributed by atoms with Crippen molar-refractivity contribution in [2.75, 3.05) is 79.3 Å². The molecule has 11 aliphatic rings. The molecular formula is C76H128N4O57. The summed E-state index contributed by atoms with van der Waals surface area (Å²) in [4.78, 5) is 51.1. The van der Waals surface area contributed by atoms with Gasteiger partial charge >= 0.3 is 0 Å². The van der Waals surface area contributed by atoms with Crippen molar-refractivity contribution < 1.29 is 282 Å². The van der Waals surface area contributed by atoms with Crippen LogP contribution in [-0.4, -0.2) is 605 Å². The molecule has 0 saturated carbocycles. The van der Waals surface area contributed by atoms with Gasteiger partial charge in [-0.05, 0) is 6.92 Å². The Hall–Kier alpha value is -4.24. The highest BCUT2D eigenvalue weighted by Crippen LogP contribution is 2.42. The molecule has 11 rings (SSSR count). The zero-order valence-corrected chi connectivity index (χ0v) is 73.4. The normalized spacial score (nSPS) is 49.2. The lowest BCUT2D eigenvalue weighted by Gasteiger charge is -2.52. The van der Waals surface area contributed by atoms with Crippen molar-refractivity contribution in [1.29, 1.82) is 0 Å². The first-order valence-corrected chi connectivity index (χ1v) is 43.7. The number of aliphatic hydroxyl groups excluding tert-OH is 31. The standard InChI is InChI=1S/C76H128N4O57/c1-18-36(95)46(105)50(109)70(118-18)137-65-64(136-72-52(111)48(107)38(97)24(7-83)120-72)41(100)27(10-86)123-76(65)132-59-30(13-89)126-68(35(45(59)104)80-21(4)94)134-63-42(101)32(16-117-66-33(78-19(2)92)43(102)57(28(11-87)124-66)129-73-55(114)62(40(99)26(9-85)121-73)135-71-51(110)47(106)37(96)23(6-82)119-71)128-75(56(63)115)130-58-29(12-88)125-67(34(44(58)103)79-20(3)93)133-61-39(98)25(8-84)122-74(54(61)113)131-60-31(14-90)127-69(53(112)49(60)108)116-15-22(5-81)77-17-91/h17-18,22-76,81-90,95-115H,5-16H2,1-4H3,(H,77,91)(H,78,92)(H,79,93)(H,80,94)/t18-,22+,23+,24+,25+,26+,27+,28+,29+,30+,31+,32+,33+,34+,35+,36+,37-,38-,39-,40-,41-,42-,43+,44+,45+,46+,47-,48-,49+,50-,51+,52+,53+,54+,55+,56+,57+,58+,59+,60+,61-,62-,63-,64-,65+,66+,67-,68-,69+,70-,71+,72+,73-,74-,75-,76-/m0/s1. The highest BCUT2D eigenvalue weighted by Gasteiger charge is 2.63. The van der Waals surface area contributed by atoms with Gasteiger partial charge in [-0.3, -0.25) is 19.2 Å². The van der Waals surface area contributed by atoms with E-state index in [2.05, 4.69) is 21.3 Å². The minimum atomic E-state index is -2.64. The van der Waals surface area contributed by atoms with E-state index in [1.54, 1.807) is 0 Å². The van der Waals surface area contributed by atoms with Crippen LogP contribution < -0.4 is 21.3 Å². The third-order valence-corrected chi connectivity index (χ3v) is 25.1. The smallest absolute Gasteiger partial charge is 0.217 e. The van der Waals surface area contributed by atoms with Gasteiger partial charge < -0.3 is 284 Å². The molecule has 0 aliphatic carbocycles. The Kier molecular flexibility index (Phi) is 41.5. The summed E-state index contributed by atoms with van der Waals surface area (Å²) in [6.07, 6.45) is -110. The van der Waals surface area contributed by atoms with E-state index in [0.717, 1.165) is 20.8 Å². The van der Waals surface area contributed by atoms with Crippen LogP contribution in [0.1, 0.15) is 27.7 Å². The van der Waals surface area contributed by atoms with Gasteiger partial charge in [0.25, 0.3) is 0 Å². The Morgan fingerprint density at radius 1 is 0.255 bits per heavy atom. The molecule has 35 N–H and O–H groups in total. The molecule has 11 saturated heterocycles. The first-order chi connectivity index (χ1) is 65.0. The average Bonchev–Trinajstić information content (AvgIpc) is 0.761. The Morgan fingerprint density at radius 3 is 0.891 bits per heavy atom. The van der Waals surface area contributed by atoms with E-state index in [1.807, 2.05) is 0 Å². The molecule has 0 aromatic rings. The molecule has 56 atom stereocenters. The largest absolute Gasteiger partial charge is 0.394 e. The van der Waals surface area contributed by atoms with Gasteiger partial charge in [0, 0.05) is 20.8 Å². The summed E-state index contributed by atoms with van der Waals surface area (Å²) in [7, 11) is 0. The van der Waals surface area contributed by atoms with Gasteiger partial charge in [-0.15, -0.1) is 0 Å². The van der Waals surface area contributed by atoms with Gasteiger partial charge in [-0.2, -0.15) is 0 Å². The fraction of sp³-hybridized carbons (Fsp3) is 0.947. The van der Waals surface area contributed by atoms with Crippen LogP contribution in [0, 0.1) is 0 Å². The Bertz CT molecular complexity index is 3690. The second-order valence-corrected chi connectivity index (χ2v) is 34.5. The Labute approximate surface area is 775 Å². The van der Waals surface area contributed by atoms with Gasteiger partial charge in [0.15, 0.2) is 69.2 Å². The van der Waals surface area contributed by atoms with E-state index in [4.69, 9.17) is 104 Å². The number of ether oxygens (including phenoxy) is 22. The predicted molar refractivity (Wildman–Crippen MR) is 420 cm³/mol. The first kappa shape index (κ1) is 113. The number of carbonyl (C=O) groups excluding carboxylic acids is 4. The fourth-order valence-corrected chi connectivity index (χ4v) is 17.5. The molecule has 11 heterocycles. The molecule has 0 bridgehead atoms. The summed E-state index contributed by atoms with van der Waals surface area (Å²) in [6.45, 7) is -8.84. The molecule has 794 valence electrons. The van der Waals surface area contributed by atoms with E-state index in [9.17, 15) is 177 Å². The number of amides is 4. The van der Waals surface area contributed by atoms with Crippen molar-refractivity contribution in [2.45, 2.75) is 371 Å². The molecule has 0 radical (unpaired) electrons. The highest BCUT2D eigenvalue weighted by molar-refractivity contribution is 5.74. The van der Waals surface area contributed by atoms with Crippen LogP contribution in [0.2, 0.25) is 0 Å². The zero-order valence-electron chi connectivity index (χ0n) is 73.4. The maximum Gasteiger partial charge on any atom is 0.217 e. The second kappa shape index (κ2) is 50.2. The summed E-state index contributed by atoms with van der Waals surface area (Å²) < 4.78 is 130. The van der Waals surface area contributed by atoms with Crippen molar-refractivity contribution in [2.24, 2.45) is 0 Å². The third kappa shape index (κ3) is 25.2. The Balaban J connectivity index is 0.901. The van der Waals surface area contributed by atoms with Crippen LogP contribution in [-0.2, 0) is 123 Å². The molecule has 4 amide bonds. The molecule has 11 aliphatic heterocycles. The monoisotopic (exact) mass is 2010 g/mol. The van der Waals surface area contributed by atoms with Crippen LogP contribution in [0.15, 0.2) is 0 Å². The topological polar surface area (TPSA) is 947 Å². The fourth-order valence-electron chi connectivity index (χ4n) is 17.5. The zero-order chi connectivity index (χ0) is 101. The van der Waals surface area contributed by atoms with Gasteiger partial charge in [0.2, 0.25) is 24.1 Å². The first-order valence-electron chi connectivity index (χ1n) is 43.7. The van der Waals surface area contributed by atoms with E-state index >= 15 is 0 Å². The van der Waals surface area contributed by atoms with Crippen LogP contribution in [0.25, 0.3) is 0 Å². The van der Waals surface area contributed by atoms with Crippen LogP contribution in [0.4, 0.5) is 0 Å². The van der Waals surface area contributed by atoms with Crippen molar-refractivity contribution in [1.82, 2.24) is 21.3 Å². The lowest BCUT2D eigenvalue weighted by atomic mass is 9.93. The van der Waals surface area contributed by atoms with Crippen LogP contribution >= 0.6 is 0 Å². The summed E-state index contributed by atoms with van der Waals surface area (Å²) in [6, 6.07) is -7.30. The minimum absolute atomic E-state index is 0.231. The Morgan fingerprint density at radius 2 is 0.518 bits per heavy atom. The van der Waals surface area contributed by atoms with Crippen LogP contribution in [0.5, 0.6) is 0 Å². The lowest BCUT2D eigenvalue weighted by Crippen LogP contribution is -2.71. The summed E-state index contributed by atoms with van der Waals surface area (Å²) in [5, 5.41) is 356. The van der Waals surface area contributed by atoms with Gasteiger partial charge in [-0.25, -0.2) is 0 Å². The highest BCUT2D eigenvalue weighted by atomic mass is 16.8. The quantitative estimate of drug-likeness (QED) is 0.0254. The molecule has 0 unspecified atom stereocenters. The number of nitrogens with one attached hydrogen (secondary N) is 4. The van der Waals surface area contributed by atoms with E-state index in [1.165, 1.54) is 6.92 Å². The number of hydrogen-bond acceptors (Lipinski definition) is 57. The number of aliphatic hydroxyl groups is 31. The van der Waals surface area contributed by atoms with E-state index in [0.29, 0.717) is 0 Å². The third-order valence-electron chi connectivity index (χ3n) is 25.1. The van der Waals surface area contributed by atoms with E-state index in [-0.39, 0.29) is 6.41 Å². The average molecular weight is 2010 g/mol. The molecule has 0 aromatic heterocycles. The molecule has 11 fully saturated rings. The van der Waals surface area contributed by atoms with Gasteiger partial charge in [-0.1, -0.05) is 0 Å². The molecule has 0 aromatic carbocycles. The van der Waals surface area contributed by atoms with Crippen molar-refractivity contribution in [3.63, 3.8) is 0 Å². The summed E-state index contributed by atoms with van der Waals surface area (Å²) in [5.41, 5.74) is 0.